The smallest absolute Gasteiger partial charge is 0.149 e. The number of hydrogen-bond donors (Lipinski definition) is 2. The Hall–Kier alpha value is -1.84. The Morgan fingerprint density at radius 3 is 2.94 bits per heavy atom. The summed E-state index contributed by atoms with van der Waals surface area (Å²) in [5.74, 6) is 0.641. The van der Waals surface area contributed by atoms with Crippen LogP contribution < -0.4 is 11.1 Å². The van der Waals surface area contributed by atoms with Gasteiger partial charge in [0.2, 0.25) is 0 Å². The normalized spacial score (nSPS) is 16.2. The Morgan fingerprint density at radius 2 is 2.28 bits per heavy atom. The van der Waals surface area contributed by atoms with E-state index in [0.29, 0.717) is 17.1 Å². The molecule has 0 unspecified atom stereocenters. The van der Waals surface area contributed by atoms with Gasteiger partial charge in [0.05, 0.1) is 24.5 Å². The molecule has 0 spiro atoms. The average molecular weight is 247 g/mol. The van der Waals surface area contributed by atoms with Crippen LogP contribution in [0, 0.1) is 11.3 Å². The van der Waals surface area contributed by atoms with Crippen LogP contribution in [0.1, 0.15) is 5.56 Å². The summed E-state index contributed by atoms with van der Waals surface area (Å²) in [6.07, 6.45) is 1.52. The van der Waals surface area contributed by atoms with Crippen molar-refractivity contribution in [3.8, 4) is 6.07 Å². The Morgan fingerprint density at radius 1 is 1.50 bits per heavy atom. The van der Waals surface area contributed by atoms with Gasteiger partial charge >= 0.3 is 0 Å². The quantitative estimate of drug-likeness (QED) is 0.794. The summed E-state index contributed by atoms with van der Waals surface area (Å²) in [6.45, 7) is 5.26. The summed E-state index contributed by atoms with van der Waals surface area (Å²) in [5.41, 5.74) is 6.79. The Bertz CT molecular complexity index is 437. The molecule has 0 bridgehead atoms. The van der Waals surface area contributed by atoms with E-state index in [0.717, 1.165) is 39.4 Å². The third-order valence-electron chi connectivity index (χ3n) is 2.87. The molecule has 3 N–H and O–H groups in total. The highest BCUT2D eigenvalue weighted by Gasteiger charge is 2.09. The van der Waals surface area contributed by atoms with Crippen molar-refractivity contribution < 1.29 is 4.74 Å². The van der Waals surface area contributed by atoms with Crippen LogP contribution in [0.3, 0.4) is 0 Å². The Labute approximate surface area is 106 Å². The fraction of sp³-hybridized carbons (Fsp3) is 0.500. The van der Waals surface area contributed by atoms with Crippen molar-refractivity contribution in [1.29, 1.82) is 5.26 Å². The van der Waals surface area contributed by atoms with E-state index in [1.54, 1.807) is 6.07 Å². The van der Waals surface area contributed by atoms with Crippen molar-refractivity contribution in [1.82, 2.24) is 9.88 Å². The highest BCUT2D eigenvalue weighted by atomic mass is 16.5. The Balaban J connectivity index is 1.81. The summed E-state index contributed by atoms with van der Waals surface area (Å²) in [4.78, 5) is 6.46. The molecule has 18 heavy (non-hydrogen) atoms. The van der Waals surface area contributed by atoms with E-state index in [4.69, 9.17) is 15.7 Å². The monoisotopic (exact) mass is 247 g/mol. The van der Waals surface area contributed by atoms with Crippen molar-refractivity contribution in [2.75, 3.05) is 50.4 Å². The number of nitrogens with two attached hydrogens (primary N) is 1. The zero-order valence-corrected chi connectivity index (χ0v) is 10.2. The first-order chi connectivity index (χ1) is 8.79. The minimum absolute atomic E-state index is 0.478. The average Bonchev–Trinajstić information content (AvgIpc) is 2.42. The van der Waals surface area contributed by atoms with Crippen LogP contribution >= 0.6 is 0 Å². The van der Waals surface area contributed by atoms with E-state index in [1.165, 1.54) is 6.20 Å². The van der Waals surface area contributed by atoms with E-state index in [-0.39, 0.29) is 0 Å². The second kappa shape index (κ2) is 6.19. The second-order valence-corrected chi connectivity index (χ2v) is 4.15. The maximum absolute atomic E-state index is 8.71. The zero-order chi connectivity index (χ0) is 12.8. The molecule has 0 radical (unpaired) electrons. The van der Waals surface area contributed by atoms with Crippen molar-refractivity contribution in [2.24, 2.45) is 0 Å². The predicted molar refractivity (Wildman–Crippen MR) is 69.1 cm³/mol. The number of nitrogens with zero attached hydrogens (tertiary/aromatic N) is 3. The van der Waals surface area contributed by atoms with Gasteiger partial charge in [0, 0.05) is 32.4 Å². The number of pyridine rings is 1. The molecule has 0 aromatic carbocycles. The number of nitrogens with one attached hydrogen (secondary N) is 1. The van der Waals surface area contributed by atoms with Crippen molar-refractivity contribution >= 4 is 11.5 Å². The number of anilines is 2. The van der Waals surface area contributed by atoms with Gasteiger partial charge in [0.25, 0.3) is 0 Å². The summed E-state index contributed by atoms with van der Waals surface area (Å²) >= 11 is 0. The SMILES string of the molecule is N#Cc1cnc(NCCN2CCOCC2)c(N)c1. The van der Waals surface area contributed by atoms with E-state index < -0.39 is 0 Å². The molecule has 2 rings (SSSR count). The number of hydrogen-bond acceptors (Lipinski definition) is 6. The van der Waals surface area contributed by atoms with E-state index in [1.807, 2.05) is 6.07 Å². The maximum Gasteiger partial charge on any atom is 0.149 e. The molecule has 1 aromatic heterocycles. The van der Waals surface area contributed by atoms with Gasteiger partial charge in [-0.2, -0.15) is 5.26 Å². The largest absolute Gasteiger partial charge is 0.396 e. The first-order valence-corrected chi connectivity index (χ1v) is 5.99. The number of morpholine rings is 1. The molecule has 1 aromatic rings. The van der Waals surface area contributed by atoms with Gasteiger partial charge in [-0.1, -0.05) is 0 Å². The van der Waals surface area contributed by atoms with Crippen LogP contribution in [0.15, 0.2) is 12.3 Å². The molecule has 6 nitrogen and oxygen atoms in total. The lowest BCUT2D eigenvalue weighted by molar-refractivity contribution is 0.0398. The highest BCUT2D eigenvalue weighted by Crippen LogP contribution is 2.15. The van der Waals surface area contributed by atoms with Crippen molar-refractivity contribution in [3.05, 3.63) is 17.8 Å². The van der Waals surface area contributed by atoms with E-state index in [9.17, 15) is 0 Å². The summed E-state index contributed by atoms with van der Waals surface area (Å²) in [5, 5.41) is 11.9. The highest BCUT2D eigenvalue weighted by molar-refractivity contribution is 5.62. The number of nitriles is 1. The first-order valence-electron chi connectivity index (χ1n) is 5.99. The molecule has 96 valence electrons. The number of ether oxygens (including phenoxy) is 1. The predicted octanol–water partition coefficient (Wildman–Crippen LogP) is 0.280. The maximum atomic E-state index is 8.71. The molecule has 1 saturated heterocycles. The lowest BCUT2D eigenvalue weighted by Crippen LogP contribution is -2.39. The number of rotatable bonds is 4. The molecule has 0 amide bonds. The van der Waals surface area contributed by atoms with Gasteiger partial charge in [-0.3, -0.25) is 4.90 Å². The molecule has 1 aliphatic heterocycles. The number of nitrogen functional groups attached to an aromatic ring is 1. The van der Waals surface area contributed by atoms with Gasteiger partial charge in [-0.25, -0.2) is 4.98 Å². The molecule has 0 aliphatic carbocycles. The third-order valence-corrected chi connectivity index (χ3v) is 2.87. The Kier molecular flexibility index (Phi) is 4.34. The topological polar surface area (TPSA) is 87.2 Å². The zero-order valence-electron chi connectivity index (χ0n) is 10.2. The van der Waals surface area contributed by atoms with Crippen molar-refractivity contribution in [2.45, 2.75) is 0 Å². The molecule has 1 aliphatic rings. The molecular weight excluding hydrogens is 230 g/mol. The minimum Gasteiger partial charge on any atom is -0.396 e. The van der Waals surface area contributed by atoms with Crippen LogP contribution in [0.5, 0.6) is 0 Å². The summed E-state index contributed by atoms with van der Waals surface area (Å²) in [6, 6.07) is 3.64. The van der Waals surface area contributed by atoms with Crippen LogP contribution in [-0.2, 0) is 4.74 Å². The molecular formula is C12H17N5O. The van der Waals surface area contributed by atoms with Gasteiger partial charge in [0.15, 0.2) is 0 Å². The minimum atomic E-state index is 0.478. The van der Waals surface area contributed by atoms with Gasteiger partial charge in [0.1, 0.15) is 11.9 Å². The fourth-order valence-corrected chi connectivity index (χ4v) is 1.85. The van der Waals surface area contributed by atoms with Crippen LogP contribution in [0.4, 0.5) is 11.5 Å². The molecule has 0 saturated carbocycles. The molecule has 2 heterocycles. The fourth-order valence-electron chi connectivity index (χ4n) is 1.85. The van der Waals surface area contributed by atoms with Crippen LogP contribution in [0.2, 0.25) is 0 Å². The third kappa shape index (κ3) is 3.32. The van der Waals surface area contributed by atoms with Gasteiger partial charge < -0.3 is 15.8 Å². The van der Waals surface area contributed by atoms with E-state index in [2.05, 4.69) is 15.2 Å². The van der Waals surface area contributed by atoms with Gasteiger partial charge in [-0.15, -0.1) is 0 Å². The lowest BCUT2D eigenvalue weighted by atomic mass is 10.3. The van der Waals surface area contributed by atoms with Gasteiger partial charge in [-0.05, 0) is 6.07 Å². The summed E-state index contributed by atoms with van der Waals surface area (Å²) < 4.78 is 5.28. The van der Waals surface area contributed by atoms with Crippen LogP contribution in [-0.4, -0.2) is 49.3 Å². The molecule has 6 heteroatoms. The number of aromatic nitrogens is 1. The second-order valence-electron chi connectivity index (χ2n) is 4.15. The standard InChI is InChI=1S/C12H17N5O/c13-8-10-7-11(14)12(16-9-10)15-1-2-17-3-5-18-6-4-17/h7,9H,1-6,14H2,(H,15,16). The van der Waals surface area contributed by atoms with E-state index >= 15 is 0 Å². The van der Waals surface area contributed by atoms with Crippen LogP contribution in [0.25, 0.3) is 0 Å². The van der Waals surface area contributed by atoms with Crippen molar-refractivity contribution in [3.63, 3.8) is 0 Å². The lowest BCUT2D eigenvalue weighted by Gasteiger charge is -2.26. The molecule has 0 atom stereocenters. The summed E-state index contributed by atoms with van der Waals surface area (Å²) in [7, 11) is 0. The molecule has 1 fully saturated rings. The first kappa shape index (κ1) is 12.6.